The Morgan fingerprint density at radius 2 is 1.58 bits per heavy atom. The Morgan fingerprint density at radius 1 is 0.917 bits per heavy atom. The van der Waals surface area contributed by atoms with Crippen LogP contribution in [0.2, 0.25) is 5.02 Å². The first kappa shape index (κ1) is 36.3. The second kappa shape index (κ2) is 15.6. The molecule has 2 amide bonds. The highest BCUT2D eigenvalue weighted by Gasteiger charge is 2.37. The SMILES string of the molecule is CCNC(=O)[C@H](Cc1ccccc1)N(Cc1cccc(OC)c1)C(=O)CN(c1ccc(Cl)c(C(F)(F)F)c1)S(=O)(=O)c1ccc(C)cc1. The van der Waals surface area contributed by atoms with E-state index in [9.17, 15) is 31.2 Å². The van der Waals surface area contributed by atoms with Crippen LogP contribution in [-0.2, 0) is 38.8 Å². The van der Waals surface area contributed by atoms with E-state index in [2.05, 4.69) is 5.32 Å². The van der Waals surface area contributed by atoms with E-state index in [0.29, 0.717) is 21.7 Å². The lowest BCUT2D eigenvalue weighted by molar-refractivity contribution is -0.140. The number of anilines is 1. The number of halogens is 4. The topological polar surface area (TPSA) is 96.0 Å². The van der Waals surface area contributed by atoms with Gasteiger partial charge in [-0.15, -0.1) is 0 Å². The van der Waals surface area contributed by atoms with Crippen molar-refractivity contribution in [2.45, 2.75) is 43.9 Å². The Labute approximate surface area is 283 Å². The number of benzene rings is 4. The van der Waals surface area contributed by atoms with Gasteiger partial charge in [-0.2, -0.15) is 13.2 Å². The summed E-state index contributed by atoms with van der Waals surface area (Å²) in [6.07, 6.45) is -4.83. The first-order valence-electron chi connectivity index (χ1n) is 14.9. The number of sulfonamides is 1. The predicted octanol–water partition coefficient (Wildman–Crippen LogP) is 6.65. The van der Waals surface area contributed by atoms with E-state index in [1.807, 2.05) is 0 Å². The first-order chi connectivity index (χ1) is 22.7. The number of aryl methyl sites for hydroxylation is 1. The molecule has 1 N–H and O–H groups in total. The lowest BCUT2D eigenvalue weighted by Gasteiger charge is -2.34. The maximum atomic E-state index is 14.5. The van der Waals surface area contributed by atoms with Crippen LogP contribution in [0.4, 0.5) is 18.9 Å². The molecule has 0 fully saturated rings. The van der Waals surface area contributed by atoms with Crippen LogP contribution in [0, 0.1) is 6.92 Å². The van der Waals surface area contributed by atoms with Crippen LogP contribution >= 0.6 is 11.6 Å². The van der Waals surface area contributed by atoms with Crippen molar-refractivity contribution in [3.8, 4) is 5.75 Å². The molecule has 0 radical (unpaired) electrons. The maximum absolute atomic E-state index is 14.5. The van der Waals surface area contributed by atoms with Crippen LogP contribution in [0.5, 0.6) is 5.75 Å². The zero-order valence-electron chi connectivity index (χ0n) is 26.5. The van der Waals surface area contributed by atoms with Crippen LogP contribution in [0.1, 0.15) is 29.2 Å². The van der Waals surface area contributed by atoms with Gasteiger partial charge >= 0.3 is 6.18 Å². The average molecular weight is 702 g/mol. The van der Waals surface area contributed by atoms with Crippen molar-refractivity contribution < 1.29 is 35.9 Å². The number of carbonyl (C=O) groups excluding carboxylic acids is 2. The predicted molar refractivity (Wildman–Crippen MR) is 178 cm³/mol. The third-order valence-corrected chi connectivity index (χ3v) is 9.66. The third kappa shape index (κ3) is 8.87. The molecule has 0 spiro atoms. The largest absolute Gasteiger partial charge is 0.497 e. The number of alkyl halides is 3. The Bertz CT molecular complexity index is 1840. The van der Waals surface area contributed by atoms with E-state index < -0.39 is 56.9 Å². The first-order valence-corrected chi connectivity index (χ1v) is 16.8. The van der Waals surface area contributed by atoms with Gasteiger partial charge in [-0.25, -0.2) is 8.42 Å². The lowest BCUT2D eigenvalue weighted by atomic mass is 10.0. The molecule has 0 saturated heterocycles. The number of rotatable bonds is 13. The summed E-state index contributed by atoms with van der Waals surface area (Å²) in [5.41, 5.74) is 0.352. The molecule has 0 aliphatic carbocycles. The molecule has 0 heterocycles. The van der Waals surface area contributed by atoms with E-state index in [0.717, 1.165) is 23.3 Å². The van der Waals surface area contributed by atoms with Crippen LogP contribution in [0.15, 0.2) is 102 Å². The molecule has 254 valence electrons. The molecule has 4 rings (SSSR count). The van der Waals surface area contributed by atoms with Crippen molar-refractivity contribution in [2.75, 3.05) is 24.5 Å². The zero-order valence-corrected chi connectivity index (χ0v) is 28.1. The minimum Gasteiger partial charge on any atom is -0.497 e. The average Bonchev–Trinajstić information content (AvgIpc) is 3.05. The molecule has 4 aromatic carbocycles. The van der Waals surface area contributed by atoms with Crippen LogP contribution in [0.25, 0.3) is 0 Å². The zero-order chi connectivity index (χ0) is 35.1. The van der Waals surface area contributed by atoms with Crippen LogP contribution in [-0.4, -0.2) is 51.4 Å². The molecule has 48 heavy (non-hydrogen) atoms. The number of hydrogen-bond acceptors (Lipinski definition) is 5. The molecular formula is C35H35ClF3N3O5S. The second-order valence-corrected chi connectivity index (χ2v) is 13.2. The minimum absolute atomic E-state index is 0.0757. The summed E-state index contributed by atoms with van der Waals surface area (Å²) in [6, 6.07) is 23.0. The van der Waals surface area contributed by atoms with Gasteiger partial charge in [0.15, 0.2) is 0 Å². The molecule has 8 nitrogen and oxygen atoms in total. The summed E-state index contributed by atoms with van der Waals surface area (Å²) in [6.45, 7) is 2.66. The fourth-order valence-corrected chi connectivity index (χ4v) is 6.70. The fourth-order valence-electron chi connectivity index (χ4n) is 5.07. The molecule has 4 aromatic rings. The molecule has 0 saturated carbocycles. The van der Waals surface area contributed by atoms with Crippen molar-refractivity contribution in [3.63, 3.8) is 0 Å². The fraction of sp³-hybridized carbons (Fsp3) is 0.257. The minimum atomic E-state index is -4.91. The van der Waals surface area contributed by atoms with E-state index in [-0.39, 0.29) is 24.4 Å². The van der Waals surface area contributed by atoms with Gasteiger partial charge in [0.25, 0.3) is 10.0 Å². The quantitative estimate of drug-likeness (QED) is 0.169. The van der Waals surface area contributed by atoms with Gasteiger partial charge in [0.05, 0.1) is 28.3 Å². The maximum Gasteiger partial charge on any atom is 0.417 e. The summed E-state index contributed by atoms with van der Waals surface area (Å²) in [4.78, 5) is 29.1. The van der Waals surface area contributed by atoms with Crippen LogP contribution in [0.3, 0.4) is 0 Å². The molecule has 0 aliphatic heterocycles. The Hall–Kier alpha value is -4.55. The normalized spacial score (nSPS) is 12.2. The standard InChI is InChI=1S/C35H35ClF3N3O5S/c1-4-40-34(44)32(20-25-9-6-5-7-10-25)41(22-26-11-8-12-28(19-26)47-3)33(43)23-42(48(45,46)29-16-13-24(2)14-17-29)27-15-18-31(36)30(21-27)35(37,38)39/h5-19,21,32H,4,20,22-23H2,1-3H3,(H,40,44)/t32-/m0/s1. The van der Waals surface area contributed by atoms with Crippen molar-refractivity contribution in [3.05, 3.63) is 124 Å². The number of nitrogens with one attached hydrogen (secondary N) is 1. The monoisotopic (exact) mass is 701 g/mol. The second-order valence-electron chi connectivity index (χ2n) is 11.0. The number of hydrogen-bond donors (Lipinski definition) is 1. The highest BCUT2D eigenvalue weighted by molar-refractivity contribution is 7.92. The molecule has 0 unspecified atom stereocenters. The van der Waals surface area contributed by atoms with E-state index in [4.69, 9.17) is 16.3 Å². The molecule has 0 bridgehead atoms. The number of ether oxygens (including phenoxy) is 1. The van der Waals surface area contributed by atoms with E-state index >= 15 is 0 Å². The number of methoxy groups -OCH3 is 1. The van der Waals surface area contributed by atoms with Crippen LogP contribution < -0.4 is 14.4 Å². The van der Waals surface area contributed by atoms with Gasteiger partial charge in [0.2, 0.25) is 11.8 Å². The van der Waals surface area contributed by atoms with Crippen molar-refractivity contribution in [1.29, 1.82) is 0 Å². The number of amides is 2. The summed E-state index contributed by atoms with van der Waals surface area (Å²) in [7, 11) is -3.14. The van der Waals surface area contributed by atoms with Gasteiger partial charge in [-0.3, -0.25) is 13.9 Å². The van der Waals surface area contributed by atoms with E-state index in [1.165, 1.54) is 36.3 Å². The Morgan fingerprint density at radius 3 is 2.21 bits per heavy atom. The summed E-state index contributed by atoms with van der Waals surface area (Å²) < 4.78 is 76.0. The molecule has 13 heteroatoms. The summed E-state index contributed by atoms with van der Waals surface area (Å²) in [5, 5.41) is 2.12. The Balaban J connectivity index is 1.87. The molecular weight excluding hydrogens is 667 g/mol. The van der Waals surface area contributed by atoms with Gasteiger partial charge < -0.3 is 15.0 Å². The number of nitrogens with zero attached hydrogens (tertiary/aromatic N) is 2. The van der Waals surface area contributed by atoms with Crippen molar-refractivity contribution >= 4 is 39.1 Å². The van der Waals surface area contributed by atoms with Crippen molar-refractivity contribution in [2.24, 2.45) is 0 Å². The van der Waals surface area contributed by atoms with Gasteiger partial charge in [0.1, 0.15) is 18.3 Å². The van der Waals surface area contributed by atoms with Gasteiger partial charge in [-0.1, -0.05) is 71.8 Å². The van der Waals surface area contributed by atoms with E-state index in [1.54, 1.807) is 68.4 Å². The summed E-state index contributed by atoms with van der Waals surface area (Å²) in [5.74, 6) is -0.831. The highest BCUT2D eigenvalue weighted by atomic mass is 35.5. The third-order valence-electron chi connectivity index (χ3n) is 7.54. The number of carbonyl (C=O) groups is 2. The molecule has 1 atom stereocenters. The Kier molecular flexibility index (Phi) is 11.8. The number of likely N-dealkylation sites (N-methyl/N-ethyl adjacent to an activating group) is 1. The smallest absolute Gasteiger partial charge is 0.417 e. The van der Waals surface area contributed by atoms with Gasteiger partial charge in [-0.05, 0) is 67.4 Å². The molecule has 0 aromatic heterocycles. The molecule has 0 aliphatic rings. The summed E-state index contributed by atoms with van der Waals surface area (Å²) >= 11 is 5.87. The van der Waals surface area contributed by atoms with Gasteiger partial charge in [0, 0.05) is 19.5 Å². The van der Waals surface area contributed by atoms with Crippen molar-refractivity contribution in [1.82, 2.24) is 10.2 Å². The lowest BCUT2D eigenvalue weighted by Crippen LogP contribution is -2.53. The highest BCUT2D eigenvalue weighted by Crippen LogP contribution is 2.38.